The SMILES string of the molecule is CCc1ncc(C(=O)Nc2cccc(C(N)=O)c2)s1. The van der Waals surface area contributed by atoms with Crippen LogP contribution in [-0.4, -0.2) is 16.8 Å². The van der Waals surface area contributed by atoms with E-state index in [1.807, 2.05) is 6.92 Å². The average molecular weight is 275 g/mol. The highest BCUT2D eigenvalue weighted by molar-refractivity contribution is 7.13. The Morgan fingerprint density at radius 3 is 2.84 bits per heavy atom. The summed E-state index contributed by atoms with van der Waals surface area (Å²) in [6.07, 6.45) is 2.35. The van der Waals surface area contributed by atoms with Crippen LogP contribution in [-0.2, 0) is 6.42 Å². The lowest BCUT2D eigenvalue weighted by Gasteiger charge is -2.04. The van der Waals surface area contributed by atoms with E-state index in [9.17, 15) is 9.59 Å². The lowest BCUT2D eigenvalue weighted by atomic mass is 10.2. The monoisotopic (exact) mass is 275 g/mol. The van der Waals surface area contributed by atoms with Gasteiger partial charge in [-0.25, -0.2) is 4.98 Å². The van der Waals surface area contributed by atoms with Crippen LogP contribution in [0.5, 0.6) is 0 Å². The van der Waals surface area contributed by atoms with Crippen LogP contribution in [0.1, 0.15) is 32.0 Å². The predicted molar refractivity (Wildman–Crippen MR) is 74.4 cm³/mol. The van der Waals surface area contributed by atoms with Crippen LogP contribution >= 0.6 is 11.3 Å². The highest BCUT2D eigenvalue weighted by atomic mass is 32.1. The molecule has 0 fully saturated rings. The maximum absolute atomic E-state index is 12.0. The summed E-state index contributed by atoms with van der Waals surface area (Å²) in [5.74, 6) is -0.763. The van der Waals surface area contributed by atoms with Gasteiger partial charge < -0.3 is 11.1 Å². The van der Waals surface area contributed by atoms with Gasteiger partial charge in [0.2, 0.25) is 5.91 Å². The van der Waals surface area contributed by atoms with E-state index in [0.29, 0.717) is 16.1 Å². The quantitative estimate of drug-likeness (QED) is 0.895. The molecular formula is C13H13N3O2S. The smallest absolute Gasteiger partial charge is 0.267 e. The number of nitrogens with one attached hydrogen (secondary N) is 1. The first kappa shape index (κ1) is 13.2. The number of anilines is 1. The summed E-state index contributed by atoms with van der Waals surface area (Å²) < 4.78 is 0. The number of hydrogen-bond donors (Lipinski definition) is 2. The molecule has 0 aliphatic carbocycles. The second-order valence-electron chi connectivity index (χ2n) is 3.87. The molecule has 1 aromatic heterocycles. The molecular weight excluding hydrogens is 262 g/mol. The van der Waals surface area contributed by atoms with Crippen molar-refractivity contribution in [2.45, 2.75) is 13.3 Å². The standard InChI is InChI=1S/C13H13N3O2S/c1-2-11-15-7-10(19-11)13(18)16-9-5-3-4-8(6-9)12(14)17/h3-7H,2H2,1H3,(H2,14,17)(H,16,18). The molecule has 2 rings (SSSR count). The van der Waals surface area contributed by atoms with Crippen molar-refractivity contribution >= 4 is 28.8 Å². The number of nitrogens with zero attached hydrogens (tertiary/aromatic N) is 1. The van der Waals surface area contributed by atoms with Crippen LogP contribution in [0.15, 0.2) is 30.5 Å². The van der Waals surface area contributed by atoms with Gasteiger partial charge in [0.15, 0.2) is 0 Å². The van der Waals surface area contributed by atoms with Gasteiger partial charge in [0.25, 0.3) is 5.91 Å². The molecule has 2 amide bonds. The van der Waals surface area contributed by atoms with Crippen LogP contribution in [0.25, 0.3) is 0 Å². The number of amides is 2. The Bertz CT molecular complexity index is 622. The third-order valence-corrected chi connectivity index (χ3v) is 3.63. The van der Waals surface area contributed by atoms with Crippen molar-refractivity contribution in [3.8, 4) is 0 Å². The maximum Gasteiger partial charge on any atom is 0.267 e. The highest BCUT2D eigenvalue weighted by Gasteiger charge is 2.11. The Balaban J connectivity index is 2.14. The van der Waals surface area contributed by atoms with Gasteiger partial charge in [-0.15, -0.1) is 11.3 Å². The number of aryl methyl sites for hydroxylation is 1. The summed E-state index contributed by atoms with van der Waals surface area (Å²) in [5, 5.41) is 3.63. The van der Waals surface area contributed by atoms with Gasteiger partial charge in [-0.05, 0) is 24.6 Å². The molecule has 0 aliphatic heterocycles. The van der Waals surface area contributed by atoms with Crippen molar-refractivity contribution in [1.29, 1.82) is 0 Å². The Hall–Kier alpha value is -2.21. The first-order valence-electron chi connectivity index (χ1n) is 5.76. The van der Waals surface area contributed by atoms with E-state index in [0.717, 1.165) is 11.4 Å². The van der Waals surface area contributed by atoms with E-state index >= 15 is 0 Å². The zero-order valence-electron chi connectivity index (χ0n) is 10.3. The van der Waals surface area contributed by atoms with Crippen LogP contribution in [0.3, 0.4) is 0 Å². The Kier molecular flexibility index (Phi) is 3.91. The molecule has 19 heavy (non-hydrogen) atoms. The first-order chi connectivity index (χ1) is 9.10. The minimum absolute atomic E-state index is 0.237. The lowest BCUT2D eigenvalue weighted by Crippen LogP contribution is -2.13. The second kappa shape index (κ2) is 5.62. The highest BCUT2D eigenvalue weighted by Crippen LogP contribution is 2.16. The zero-order valence-corrected chi connectivity index (χ0v) is 11.2. The normalized spacial score (nSPS) is 10.2. The van der Waals surface area contributed by atoms with E-state index in [-0.39, 0.29) is 5.91 Å². The predicted octanol–water partition coefficient (Wildman–Crippen LogP) is 2.06. The average Bonchev–Trinajstić information content (AvgIpc) is 2.88. The Labute approximate surface area is 114 Å². The molecule has 2 aromatic rings. The molecule has 98 valence electrons. The molecule has 1 aromatic carbocycles. The van der Waals surface area contributed by atoms with Gasteiger partial charge in [0, 0.05) is 11.3 Å². The third-order valence-electron chi connectivity index (χ3n) is 2.48. The fraction of sp³-hybridized carbons (Fsp3) is 0.154. The lowest BCUT2D eigenvalue weighted by molar-refractivity contribution is 0.0996. The van der Waals surface area contributed by atoms with Gasteiger partial charge in [-0.2, -0.15) is 0 Å². The molecule has 0 saturated heterocycles. The third kappa shape index (κ3) is 3.17. The van der Waals surface area contributed by atoms with E-state index < -0.39 is 5.91 Å². The first-order valence-corrected chi connectivity index (χ1v) is 6.57. The summed E-state index contributed by atoms with van der Waals surface area (Å²) in [6.45, 7) is 1.98. The van der Waals surface area contributed by atoms with Gasteiger partial charge >= 0.3 is 0 Å². The van der Waals surface area contributed by atoms with E-state index in [2.05, 4.69) is 10.3 Å². The Morgan fingerprint density at radius 1 is 1.42 bits per heavy atom. The summed E-state index contributed by atoms with van der Waals surface area (Å²) in [5.41, 5.74) is 6.08. The van der Waals surface area contributed by atoms with Crippen molar-refractivity contribution in [1.82, 2.24) is 4.98 Å². The number of benzene rings is 1. The molecule has 0 atom stereocenters. The van der Waals surface area contributed by atoms with Gasteiger partial charge in [0.05, 0.1) is 11.2 Å². The van der Waals surface area contributed by atoms with Crippen LogP contribution in [0.2, 0.25) is 0 Å². The molecule has 1 heterocycles. The molecule has 3 N–H and O–H groups in total. The summed E-state index contributed by atoms with van der Waals surface area (Å²) in [4.78, 5) is 27.7. The van der Waals surface area contributed by atoms with E-state index in [4.69, 9.17) is 5.73 Å². The minimum Gasteiger partial charge on any atom is -0.366 e. The topological polar surface area (TPSA) is 85.1 Å². The fourth-order valence-electron chi connectivity index (χ4n) is 1.52. The number of carbonyl (C=O) groups excluding carboxylic acids is 2. The van der Waals surface area contributed by atoms with Gasteiger partial charge in [0.1, 0.15) is 4.88 Å². The Morgan fingerprint density at radius 2 is 2.21 bits per heavy atom. The van der Waals surface area contributed by atoms with Crippen molar-refractivity contribution in [2.75, 3.05) is 5.32 Å². The van der Waals surface area contributed by atoms with E-state index in [1.165, 1.54) is 11.3 Å². The second-order valence-corrected chi connectivity index (χ2v) is 4.99. The fourth-order valence-corrected chi connectivity index (χ4v) is 2.27. The molecule has 6 heteroatoms. The van der Waals surface area contributed by atoms with Crippen LogP contribution in [0, 0.1) is 0 Å². The minimum atomic E-state index is -0.526. The van der Waals surface area contributed by atoms with Gasteiger partial charge in [-0.1, -0.05) is 13.0 Å². The number of hydrogen-bond acceptors (Lipinski definition) is 4. The summed E-state index contributed by atoms with van der Waals surface area (Å²) >= 11 is 1.36. The molecule has 0 saturated carbocycles. The van der Waals surface area contributed by atoms with Crippen LogP contribution < -0.4 is 11.1 Å². The zero-order chi connectivity index (χ0) is 13.8. The molecule has 0 aliphatic rings. The van der Waals surface area contributed by atoms with Crippen LogP contribution in [0.4, 0.5) is 5.69 Å². The molecule has 0 radical (unpaired) electrons. The van der Waals surface area contributed by atoms with Crippen molar-refractivity contribution in [3.63, 3.8) is 0 Å². The number of rotatable bonds is 4. The molecule has 5 nitrogen and oxygen atoms in total. The van der Waals surface area contributed by atoms with Crippen molar-refractivity contribution in [2.24, 2.45) is 5.73 Å². The van der Waals surface area contributed by atoms with E-state index in [1.54, 1.807) is 30.5 Å². The summed E-state index contributed by atoms with van der Waals surface area (Å²) in [7, 11) is 0. The number of thiazole rings is 1. The van der Waals surface area contributed by atoms with Crippen molar-refractivity contribution < 1.29 is 9.59 Å². The largest absolute Gasteiger partial charge is 0.366 e. The molecule has 0 bridgehead atoms. The molecule has 0 spiro atoms. The van der Waals surface area contributed by atoms with Crippen molar-refractivity contribution in [3.05, 3.63) is 45.9 Å². The molecule has 0 unspecified atom stereocenters. The summed E-state index contributed by atoms with van der Waals surface area (Å²) in [6, 6.07) is 6.51. The maximum atomic E-state index is 12.0. The number of aromatic nitrogens is 1. The number of primary amides is 1. The number of carbonyl (C=O) groups is 2. The number of nitrogens with two attached hydrogens (primary N) is 1. The van der Waals surface area contributed by atoms with Gasteiger partial charge in [-0.3, -0.25) is 9.59 Å².